The average molecular weight is 342 g/mol. The van der Waals surface area contributed by atoms with E-state index in [0.29, 0.717) is 18.3 Å². The zero-order valence-electron chi connectivity index (χ0n) is 15.1. The van der Waals surface area contributed by atoms with Crippen molar-refractivity contribution in [3.05, 3.63) is 29.6 Å². The molecule has 0 unspecified atom stereocenters. The summed E-state index contributed by atoms with van der Waals surface area (Å²) in [5.41, 5.74) is 0.957. The predicted octanol–water partition coefficient (Wildman–Crippen LogP) is 1.86. The fourth-order valence-electron chi connectivity index (χ4n) is 3.88. The van der Waals surface area contributed by atoms with Crippen LogP contribution in [0.5, 0.6) is 0 Å². The maximum atomic E-state index is 12.8. The minimum Gasteiger partial charge on any atom is -0.341 e. The average Bonchev–Trinajstić information content (AvgIpc) is 3.00. The molecule has 0 radical (unpaired) electrons. The predicted molar refractivity (Wildman–Crippen MR) is 92.9 cm³/mol. The summed E-state index contributed by atoms with van der Waals surface area (Å²) in [5.74, 6) is 3.83. The van der Waals surface area contributed by atoms with Crippen molar-refractivity contribution in [2.45, 2.75) is 44.9 Å². The Bertz CT molecular complexity index is 759. The summed E-state index contributed by atoms with van der Waals surface area (Å²) >= 11 is 0. The van der Waals surface area contributed by atoms with Gasteiger partial charge in [0, 0.05) is 43.9 Å². The number of hydrogen-bond donors (Lipinski definition) is 1. The van der Waals surface area contributed by atoms with Gasteiger partial charge < -0.3 is 4.90 Å². The normalized spacial score (nSPS) is 23.6. The highest BCUT2D eigenvalue weighted by molar-refractivity contribution is 5.78. The van der Waals surface area contributed by atoms with Crippen molar-refractivity contribution in [1.29, 1.82) is 0 Å². The van der Waals surface area contributed by atoms with Crippen LogP contribution in [0, 0.1) is 11.8 Å². The molecule has 7 nitrogen and oxygen atoms in total. The molecular weight excluding hydrogens is 316 g/mol. The maximum absolute atomic E-state index is 12.8. The minimum atomic E-state index is 0.181. The Labute approximate surface area is 147 Å². The van der Waals surface area contributed by atoms with Crippen LogP contribution in [0.15, 0.2) is 12.3 Å². The van der Waals surface area contributed by atoms with Gasteiger partial charge in [-0.05, 0) is 30.7 Å². The Hall–Kier alpha value is -2.18. The Balaban J connectivity index is 1.50. The number of aromatic nitrogens is 5. The molecule has 4 rings (SSSR count). The molecule has 0 aromatic carbocycles. The first-order valence-electron chi connectivity index (χ1n) is 9.19. The first-order valence-corrected chi connectivity index (χ1v) is 9.19. The summed E-state index contributed by atoms with van der Waals surface area (Å²) in [5, 5.41) is 11.7. The van der Waals surface area contributed by atoms with Crippen molar-refractivity contribution >= 4 is 5.91 Å². The fraction of sp³-hybridized carbons (Fsp3) is 0.667. The highest BCUT2D eigenvalue weighted by atomic mass is 16.2. The van der Waals surface area contributed by atoms with Crippen molar-refractivity contribution in [3.8, 4) is 0 Å². The second-order valence-electron chi connectivity index (χ2n) is 7.76. The van der Waals surface area contributed by atoms with E-state index in [1.54, 1.807) is 10.9 Å². The number of H-pyrrole nitrogens is 1. The molecule has 7 heteroatoms. The number of amides is 1. The highest BCUT2D eigenvalue weighted by Crippen LogP contribution is 2.47. The Kier molecular flexibility index (Phi) is 4.09. The van der Waals surface area contributed by atoms with Gasteiger partial charge >= 0.3 is 0 Å². The number of carbonyl (C=O) groups is 1. The third kappa shape index (κ3) is 3.19. The third-order valence-electron chi connectivity index (χ3n) is 5.59. The largest absolute Gasteiger partial charge is 0.341 e. The molecule has 2 atom stereocenters. The van der Waals surface area contributed by atoms with Gasteiger partial charge in [-0.1, -0.05) is 13.8 Å². The van der Waals surface area contributed by atoms with Crippen molar-refractivity contribution in [1.82, 2.24) is 29.9 Å². The van der Waals surface area contributed by atoms with E-state index in [1.807, 2.05) is 18.0 Å². The van der Waals surface area contributed by atoms with E-state index in [1.165, 1.54) is 12.8 Å². The lowest BCUT2D eigenvalue weighted by molar-refractivity contribution is -0.129. The molecule has 3 heterocycles. The van der Waals surface area contributed by atoms with Crippen LogP contribution in [-0.4, -0.2) is 48.9 Å². The number of aryl methyl sites for hydroxylation is 1. The summed E-state index contributed by atoms with van der Waals surface area (Å²) in [4.78, 5) is 19.5. The van der Waals surface area contributed by atoms with Gasteiger partial charge in [0.1, 0.15) is 5.82 Å². The van der Waals surface area contributed by atoms with Gasteiger partial charge in [-0.2, -0.15) is 10.2 Å². The van der Waals surface area contributed by atoms with Gasteiger partial charge in [-0.3, -0.25) is 14.6 Å². The van der Waals surface area contributed by atoms with Crippen LogP contribution in [0.4, 0.5) is 0 Å². The number of likely N-dealkylation sites (tertiary alicyclic amines) is 1. The van der Waals surface area contributed by atoms with Crippen molar-refractivity contribution in [3.63, 3.8) is 0 Å². The zero-order valence-corrected chi connectivity index (χ0v) is 15.1. The lowest BCUT2D eigenvalue weighted by atomic mass is 9.91. The smallest absolute Gasteiger partial charge is 0.228 e. The molecule has 25 heavy (non-hydrogen) atoms. The summed E-state index contributed by atoms with van der Waals surface area (Å²) < 4.78 is 1.77. The highest BCUT2D eigenvalue weighted by Gasteiger charge is 2.45. The van der Waals surface area contributed by atoms with E-state index in [2.05, 4.69) is 29.1 Å². The second kappa shape index (κ2) is 6.28. The van der Waals surface area contributed by atoms with Crippen LogP contribution in [0.25, 0.3) is 0 Å². The van der Waals surface area contributed by atoms with Gasteiger partial charge in [0.05, 0.1) is 6.42 Å². The van der Waals surface area contributed by atoms with Gasteiger partial charge in [0.2, 0.25) is 5.91 Å². The van der Waals surface area contributed by atoms with Crippen molar-refractivity contribution in [2.75, 3.05) is 13.1 Å². The molecular formula is C18H26N6O. The molecule has 1 amide bonds. The van der Waals surface area contributed by atoms with Gasteiger partial charge in [-0.25, -0.2) is 4.98 Å². The molecule has 1 saturated heterocycles. The SMILES string of the molecule is CC(C)c1n[nH]c([C@H]2CN(C(=O)Cc3ccnn3C)C[C@@H]2C2CC2)n1. The Morgan fingerprint density at radius 1 is 1.36 bits per heavy atom. The van der Waals surface area contributed by atoms with Crippen LogP contribution < -0.4 is 0 Å². The van der Waals surface area contributed by atoms with Crippen LogP contribution >= 0.6 is 0 Å². The summed E-state index contributed by atoms with van der Waals surface area (Å²) in [7, 11) is 1.88. The number of carbonyl (C=O) groups excluding carboxylic acids is 1. The van der Waals surface area contributed by atoms with E-state index < -0.39 is 0 Å². The zero-order chi connectivity index (χ0) is 17.6. The van der Waals surface area contributed by atoms with Crippen molar-refractivity contribution in [2.24, 2.45) is 18.9 Å². The number of aromatic amines is 1. The Morgan fingerprint density at radius 3 is 2.76 bits per heavy atom. The Morgan fingerprint density at radius 2 is 2.16 bits per heavy atom. The third-order valence-corrected chi connectivity index (χ3v) is 5.59. The molecule has 134 valence electrons. The molecule has 1 saturated carbocycles. The van der Waals surface area contributed by atoms with Crippen LogP contribution in [0.1, 0.15) is 55.9 Å². The van der Waals surface area contributed by atoms with E-state index >= 15 is 0 Å². The summed E-state index contributed by atoms with van der Waals surface area (Å²) in [6, 6.07) is 1.91. The van der Waals surface area contributed by atoms with Crippen molar-refractivity contribution < 1.29 is 4.79 Å². The molecule has 2 aliphatic rings. The lowest BCUT2D eigenvalue weighted by Crippen LogP contribution is -2.31. The maximum Gasteiger partial charge on any atom is 0.228 e. The van der Waals surface area contributed by atoms with Crippen LogP contribution in [0.2, 0.25) is 0 Å². The topological polar surface area (TPSA) is 79.7 Å². The number of nitrogens with zero attached hydrogens (tertiary/aromatic N) is 5. The summed E-state index contributed by atoms with van der Waals surface area (Å²) in [6.45, 7) is 5.78. The molecule has 1 aliphatic heterocycles. The second-order valence-corrected chi connectivity index (χ2v) is 7.76. The van der Waals surface area contributed by atoms with Gasteiger partial charge in [-0.15, -0.1) is 0 Å². The quantitative estimate of drug-likeness (QED) is 0.899. The summed E-state index contributed by atoms with van der Waals surface area (Å²) in [6.07, 6.45) is 4.70. The van der Waals surface area contributed by atoms with Gasteiger partial charge in [0.15, 0.2) is 5.82 Å². The number of rotatable bonds is 5. The van der Waals surface area contributed by atoms with Crippen LogP contribution in [0.3, 0.4) is 0 Å². The molecule has 1 aliphatic carbocycles. The number of nitrogens with one attached hydrogen (secondary N) is 1. The molecule has 2 aromatic rings. The monoisotopic (exact) mass is 342 g/mol. The van der Waals surface area contributed by atoms with E-state index in [0.717, 1.165) is 36.4 Å². The van der Waals surface area contributed by atoms with E-state index in [9.17, 15) is 4.79 Å². The lowest BCUT2D eigenvalue weighted by Gasteiger charge is -2.16. The first-order chi connectivity index (χ1) is 12.0. The molecule has 1 N–H and O–H groups in total. The molecule has 0 spiro atoms. The minimum absolute atomic E-state index is 0.181. The standard InChI is InChI=1S/C18H26N6O/c1-11(2)17-20-18(22-21-17)15-10-24(9-14(15)12-4-5-12)16(25)8-13-6-7-19-23(13)3/h6-7,11-12,14-15H,4-5,8-10H2,1-3H3,(H,20,21,22)/t14-,15+/m1/s1. The molecule has 2 aromatic heterocycles. The van der Waals surface area contributed by atoms with E-state index in [-0.39, 0.29) is 11.8 Å². The first kappa shape index (κ1) is 16.3. The van der Waals surface area contributed by atoms with E-state index in [4.69, 9.17) is 4.98 Å². The van der Waals surface area contributed by atoms with Crippen LogP contribution in [-0.2, 0) is 18.3 Å². The number of hydrogen-bond acceptors (Lipinski definition) is 4. The van der Waals surface area contributed by atoms with Gasteiger partial charge in [0.25, 0.3) is 0 Å². The molecule has 0 bridgehead atoms. The molecule has 2 fully saturated rings. The fourth-order valence-corrected chi connectivity index (χ4v) is 3.88.